The van der Waals surface area contributed by atoms with Crippen molar-refractivity contribution in [2.75, 3.05) is 37.7 Å². The molecule has 7 heteroatoms. The van der Waals surface area contributed by atoms with Crippen LogP contribution in [0.1, 0.15) is 11.1 Å². The summed E-state index contributed by atoms with van der Waals surface area (Å²) in [4.78, 5) is 28.7. The Morgan fingerprint density at radius 1 is 1.04 bits per heavy atom. The first-order valence-electron chi connectivity index (χ1n) is 8.96. The molecule has 2 aromatic rings. The minimum absolute atomic E-state index is 0.0286. The van der Waals surface area contributed by atoms with Gasteiger partial charge in [0, 0.05) is 32.2 Å². The van der Waals surface area contributed by atoms with Crippen molar-refractivity contribution in [3.05, 3.63) is 57.9 Å². The molecule has 0 radical (unpaired) electrons. The predicted octanol–water partition coefficient (Wildman–Crippen LogP) is 0.665. The Morgan fingerprint density at radius 3 is 2.62 bits per heavy atom. The quantitative estimate of drug-likeness (QED) is 0.810. The lowest BCUT2D eigenvalue weighted by molar-refractivity contribution is -0.133. The molecule has 0 bridgehead atoms. The molecular formula is C19H22N4O3. The number of rotatable bonds is 3. The third kappa shape index (κ3) is 3.48. The molecule has 0 unspecified atom stereocenters. The van der Waals surface area contributed by atoms with Gasteiger partial charge in [-0.1, -0.05) is 24.3 Å². The molecule has 0 spiro atoms. The fourth-order valence-corrected chi connectivity index (χ4v) is 3.45. The standard InChI is InChI=1S/C19H22N4O3/c24-18-6-5-17(21-9-11-26-12-10-21)20-23(18)14-19(25)22-8-7-15-3-1-2-4-16(15)13-22/h1-6H,7-14H2. The maximum atomic E-state index is 12.7. The molecule has 136 valence electrons. The summed E-state index contributed by atoms with van der Waals surface area (Å²) in [7, 11) is 0. The average molecular weight is 354 g/mol. The summed E-state index contributed by atoms with van der Waals surface area (Å²) in [5.41, 5.74) is 2.21. The molecule has 1 saturated heterocycles. The Bertz CT molecular complexity index is 858. The van der Waals surface area contributed by atoms with E-state index in [1.165, 1.54) is 21.9 Å². The van der Waals surface area contributed by atoms with Crippen molar-refractivity contribution in [2.45, 2.75) is 19.5 Å². The second kappa shape index (κ2) is 7.29. The second-order valence-corrected chi connectivity index (χ2v) is 6.62. The van der Waals surface area contributed by atoms with Crippen LogP contribution in [0.4, 0.5) is 5.82 Å². The number of amides is 1. The summed E-state index contributed by atoms with van der Waals surface area (Å²) in [6.45, 7) is 4.00. The predicted molar refractivity (Wildman–Crippen MR) is 97.1 cm³/mol. The van der Waals surface area contributed by atoms with Crippen molar-refractivity contribution in [1.29, 1.82) is 0 Å². The minimum atomic E-state index is -0.257. The van der Waals surface area contributed by atoms with Crippen molar-refractivity contribution >= 4 is 11.7 Å². The molecule has 1 aromatic heterocycles. The lowest BCUT2D eigenvalue weighted by atomic mass is 10.00. The van der Waals surface area contributed by atoms with E-state index in [0.717, 1.165) is 19.5 Å². The molecular weight excluding hydrogens is 332 g/mol. The number of carbonyl (C=O) groups excluding carboxylic acids is 1. The second-order valence-electron chi connectivity index (χ2n) is 6.62. The van der Waals surface area contributed by atoms with Crippen molar-refractivity contribution in [2.24, 2.45) is 0 Å². The van der Waals surface area contributed by atoms with E-state index in [0.29, 0.717) is 32.1 Å². The van der Waals surface area contributed by atoms with Gasteiger partial charge < -0.3 is 14.5 Å². The largest absolute Gasteiger partial charge is 0.378 e. The smallest absolute Gasteiger partial charge is 0.267 e. The van der Waals surface area contributed by atoms with Gasteiger partial charge in [0.1, 0.15) is 12.4 Å². The Labute approximate surface area is 151 Å². The Kier molecular flexibility index (Phi) is 4.71. The van der Waals surface area contributed by atoms with E-state index in [2.05, 4.69) is 22.1 Å². The molecule has 2 aliphatic rings. The number of morpholine rings is 1. The first-order chi connectivity index (χ1) is 12.7. The van der Waals surface area contributed by atoms with Crippen LogP contribution in [-0.2, 0) is 29.0 Å². The van der Waals surface area contributed by atoms with Crippen LogP contribution in [0.5, 0.6) is 0 Å². The molecule has 1 fully saturated rings. The van der Waals surface area contributed by atoms with E-state index >= 15 is 0 Å². The SMILES string of the molecule is O=C(Cn1nc(N2CCOCC2)ccc1=O)N1CCc2ccccc2C1. The highest BCUT2D eigenvalue weighted by Gasteiger charge is 2.21. The fourth-order valence-electron chi connectivity index (χ4n) is 3.45. The molecule has 0 saturated carbocycles. The van der Waals surface area contributed by atoms with Gasteiger partial charge in [0.25, 0.3) is 5.56 Å². The van der Waals surface area contributed by atoms with Gasteiger partial charge in [-0.3, -0.25) is 9.59 Å². The lowest BCUT2D eigenvalue weighted by Crippen LogP contribution is -2.41. The zero-order valence-corrected chi connectivity index (χ0v) is 14.6. The number of ether oxygens (including phenoxy) is 1. The van der Waals surface area contributed by atoms with E-state index in [1.807, 2.05) is 12.1 Å². The van der Waals surface area contributed by atoms with E-state index < -0.39 is 0 Å². The molecule has 1 aromatic carbocycles. The van der Waals surface area contributed by atoms with E-state index in [-0.39, 0.29) is 18.0 Å². The number of carbonyl (C=O) groups is 1. The number of aromatic nitrogens is 2. The Morgan fingerprint density at radius 2 is 1.81 bits per heavy atom. The highest BCUT2D eigenvalue weighted by molar-refractivity contribution is 5.76. The normalized spacial score (nSPS) is 17.1. The minimum Gasteiger partial charge on any atom is -0.378 e. The highest BCUT2D eigenvalue weighted by atomic mass is 16.5. The van der Waals surface area contributed by atoms with Gasteiger partial charge in [0.2, 0.25) is 5.91 Å². The van der Waals surface area contributed by atoms with Gasteiger partial charge in [-0.25, -0.2) is 4.68 Å². The van der Waals surface area contributed by atoms with Crippen molar-refractivity contribution in [1.82, 2.24) is 14.7 Å². The van der Waals surface area contributed by atoms with Gasteiger partial charge in [-0.2, -0.15) is 5.10 Å². The average Bonchev–Trinajstić information content (AvgIpc) is 2.70. The zero-order valence-electron chi connectivity index (χ0n) is 14.6. The molecule has 1 amide bonds. The molecule has 0 N–H and O–H groups in total. The Balaban J connectivity index is 1.48. The fraction of sp³-hybridized carbons (Fsp3) is 0.421. The summed E-state index contributed by atoms with van der Waals surface area (Å²) >= 11 is 0. The number of hydrogen-bond acceptors (Lipinski definition) is 5. The van der Waals surface area contributed by atoms with Crippen molar-refractivity contribution in [3.8, 4) is 0 Å². The van der Waals surface area contributed by atoms with Crippen LogP contribution < -0.4 is 10.5 Å². The molecule has 26 heavy (non-hydrogen) atoms. The first kappa shape index (κ1) is 16.8. The van der Waals surface area contributed by atoms with Gasteiger partial charge in [-0.15, -0.1) is 0 Å². The summed E-state index contributed by atoms with van der Waals surface area (Å²) in [6, 6.07) is 11.4. The van der Waals surface area contributed by atoms with Crippen molar-refractivity contribution < 1.29 is 9.53 Å². The number of fused-ring (bicyclic) bond motifs is 1. The van der Waals surface area contributed by atoms with Crippen LogP contribution in [0.25, 0.3) is 0 Å². The lowest BCUT2D eigenvalue weighted by Gasteiger charge is -2.29. The van der Waals surface area contributed by atoms with Gasteiger partial charge in [0.15, 0.2) is 0 Å². The van der Waals surface area contributed by atoms with Crippen LogP contribution in [0.2, 0.25) is 0 Å². The first-order valence-corrected chi connectivity index (χ1v) is 8.96. The van der Waals surface area contributed by atoms with Crippen molar-refractivity contribution in [3.63, 3.8) is 0 Å². The van der Waals surface area contributed by atoms with E-state index in [9.17, 15) is 9.59 Å². The molecule has 4 rings (SSSR count). The number of hydrogen-bond donors (Lipinski definition) is 0. The van der Waals surface area contributed by atoms with E-state index in [1.54, 1.807) is 11.0 Å². The maximum absolute atomic E-state index is 12.7. The summed E-state index contributed by atoms with van der Waals surface area (Å²) in [5.74, 6) is 0.637. The summed E-state index contributed by atoms with van der Waals surface area (Å²) < 4.78 is 6.62. The number of anilines is 1. The van der Waals surface area contributed by atoms with Crippen LogP contribution >= 0.6 is 0 Å². The van der Waals surface area contributed by atoms with Crippen LogP contribution in [0.15, 0.2) is 41.2 Å². The van der Waals surface area contributed by atoms with E-state index in [4.69, 9.17) is 4.74 Å². The molecule has 0 aliphatic carbocycles. The molecule has 0 atom stereocenters. The third-order valence-corrected chi connectivity index (χ3v) is 4.96. The summed E-state index contributed by atoms with van der Waals surface area (Å²) in [5, 5.41) is 4.40. The molecule has 2 aliphatic heterocycles. The van der Waals surface area contributed by atoms with Gasteiger partial charge >= 0.3 is 0 Å². The molecule has 7 nitrogen and oxygen atoms in total. The van der Waals surface area contributed by atoms with Gasteiger partial charge in [0.05, 0.1) is 13.2 Å². The van der Waals surface area contributed by atoms with Gasteiger partial charge in [-0.05, 0) is 23.6 Å². The maximum Gasteiger partial charge on any atom is 0.267 e. The number of benzene rings is 1. The van der Waals surface area contributed by atoms with Crippen LogP contribution in [-0.4, -0.2) is 53.4 Å². The van der Waals surface area contributed by atoms with Crippen LogP contribution in [0.3, 0.4) is 0 Å². The van der Waals surface area contributed by atoms with Crippen LogP contribution in [0, 0.1) is 0 Å². The Hall–Kier alpha value is -2.67. The summed E-state index contributed by atoms with van der Waals surface area (Å²) in [6.07, 6.45) is 0.845. The zero-order chi connectivity index (χ0) is 17.9. The third-order valence-electron chi connectivity index (χ3n) is 4.96. The highest BCUT2D eigenvalue weighted by Crippen LogP contribution is 2.18. The monoisotopic (exact) mass is 354 g/mol. The number of nitrogens with zero attached hydrogens (tertiary/aromatic N) is 4. The topological polar surface area (TPSA) is 67.7 Å². The molecule has 3 heterocycles.